The molecule has 3 N–H and O–H groups in total. The van der Waals surface area contributed by atoms with E-state index in [-0.39, 0.29) is 19.6 Å². The Labute approximate surface area is 135 Å². The molecule has 1 saturated heterocycles. The molecule has 1 aliphatic heterocycles. The Balaban J connectivity index is 2.68. The van der Waals surface area contributed by atoms with Crippen molar-refractivity contribution >= 4 is 17.9 Å². The zero-order chi connectivity index (χ0) is 17.2. The first-order valence-corrected chi connectivity index (χ1v) is 7.69. The van der Waals surface area contributed by atoms with Gasteiger partial charge >= 0.3 is 17.9 Å². The van der Waals surface area contributed by atoms with Crippen LogP contribution in [0, 0.1) is 0 Å². The lowest BCUT2D eigenvalue weighted by Gasteiger charge is -2.24. The molecule has 0 aliphatic carbocycles. The number of carbonyl (C=O) groups is 3. The molecule has 1 heterocycles. The number of hydrogen-bond donors (Lipinski definition) is 3. The molecule has 1 fully saturated rings. The molecule has 0 aromatic rings. The predicted molar refractivity (Wildman–Crippen MR) is 81.5 cm³/mol. The van der Waals surface area contributed by atoms with E-state index < -0.39 is 17.9 Å². The summed E-state index contributed by atoms with van der Waals surface area (Å²) in [6.07, 6.45) is 1.36. The van der Waals surface area contributed by atoms with Gasteiger partial charge in [-0.2, -0.15) is 0 Å². The summed E-state index contributed by atoms with van der Waals surface area (Å²) in [5.74, 6) is -2.75. The molecular weight excluding hydrogens is 306 g/mol. The van der Waals surface area contributed by atoms with E-state index in [1.165, 1.54) is 0 Å². The van der Waals surface area contributed by atoms with Gasteiger partial charge < -0.3 is 15.3 Å². The molecule has 0 bridgehead atoms. The fraction of sp³-hybridized carbons (Fsp3) is 0.786. The average Bonchev–Trinajstić information content (AvgIpc) is 2.44. The van der Waals surface area contributed by atoms with Crippen LogP contribution in [0.1, 0.15) is 12.8 Å². The molecule has 132 valence electrons. The van der Waals surface area contributed by atoms with Gasteiger partial charge in [0.15, 0.2) is 0 Å². The smallest absolute Gasteiger partial charge is 0.317 e. The molecular formula is C14H25N3O6. The zero-order valence-electron chi connectivity index (χ0n) is 13.2. The summed E-state index contributed by atoms with van der Waals surface area (Å²) < 4.78 is 0. The fourth-order valence-corrected chi connectivity index (χ4v) is 2.70. The minimum atomic E-state index is -0.924. The summed E-state index contributed by atoms with van der Waals surface area (Å²) in [5.41, 5.74) is 0. The maximum absolute atomic E-state index is 10.9. The van der Waals surface area contributed by atoms with Gasteiger partial charge in [-0.15, -0.1) is 0 Å². The van der Waals surface area contributed by atoms with Crippen LogP contribution >= 0.6 is 0 Å². The van der Waals surface area contributed by atoms with E-state index in [1.807, 2.05) is 4.90 Å². The second-order valence-electron chi connectivity index (χ2n) is 5.72. The standard InChI is InChI=1S/C14H25N3O6/c18-12(19)9-15-3-1-5-16(10-13(20)21)7-8-17(6-2-4-15)11-14(22)23/h1-11H2,(H,18,19)(H,20,21)(H,22,23). The van der Waals surface area contributed by atoms with Gasteiger partial charge in [0, 0.05) is 26.2 Å². The van der Waals surface area contributed by atoms with E-state index in [0.717, 1.165) is 0 Å². The molecule has 0 atom stereocenters. The van der Waals surface area contributed by atoms with Crippen molar-refractivity contribution in [3.05, 3.63) is 0 Å². The third-order valence-corrected chi connectivity index (χ3v) is 3.71. The first-order valence-electron chi connectivity index (χ1n) is 7.69. The molecule has 1 aliphatic rings. The maximum atomic E-state index is 10.9. The molecule has 9 heteroatoms. The molecule has 0 saturated carbocycles. The van der Waals surface area contributed by atoms with E-state index in [4.69, 9.17) is 15.3 Å². The van der Waals surface area contributed by atoms with Crippen LogP contribution in [-0.2, 0) is 14.4 Å². The van der Waals surface area contributed by atoms with Gasteiger partial charge in [-0.05, 0) is 25.9 Å². The molecule has 0 amide bonds. The van der Waals surface area contributed by atoms with Crippen molar-refractivity contribution in [1.29, 1.82) is 0 Å². The third kappa shape index (κ3) is 9.11. The Kier molecular flexibility index (Phi) is 8.52. The second-order valence-corrected chi connectivity index (χ2v) is 5.72. The van der Waals surface area contributed by atoms with E-state index >= 15 is 0 Å². The zero-order valence-corrected chi connectivity index (χ0v) is 13.2. The van der Waals surface area contributed by atoms with Crippen molar-refractivity contribution in [3.63, 3.8) is 0 Å². The molecule has 0 spiro atoms. The van der Waals surface area contributed by atoms with Gasteiger partial charge in [-0.25, -0.2) is 0 Å². The molecule has 0 unspecified atom stereocenters. The Bertz CT molecular complexity index is 387. The highest BCUT2D eigenvalue weighted by Gasteiger charge is 2.17. The van der Waals surface area contributed by atoms with Crippen LogP contribution in [0.4, 0.5) is 0 Å². The van der Waals surface area contributed by atoms with Gasteiger partial charge in [0.1, 0.15) is 0 Å². The predicted octanol–water partition coefficient (Wildman–Crippen LogP) is -1.06. The van der Waals surface area contributed by atoms with Crippen LogP contribution in [0.2, 0.25) is 0 Å². The van der Waals surface area contributed by atoms with Crippen LogP contribution in [-0.4, -0.2) is 107 Å². The van der Waals surface area contributed by atoms with Gasteiger partial charge in [0.2, 0.25) is 0 Å². The largest absolute Gasteiger partial charge is 0.480 e. The van der Waals surface area contributed by atoms with Crippen LogP contribution in [0.5, 0.6) is 0 Å². The van der Waals surface area contributed by atoms with Gasteiger partial charge in [0.25, 0.3) is 0 Å². The lowest BCUT2D eigenvalue weighted by molar-refractivity contribution is -0.140. The molecule has 23 heavy (non-hydrogen) atoms. The van der Waals surface area contributed by atoms with E-state index in [1.54, 1.807) is 9.80 Å². The van der Waals surface area contributed by atoms with Crippen LogP contribution < -0.4 is 0 Å². The van der Waals surface area contributed by atoms with Crippen LogP contribution in [0.3, 0.4) is 0 Å². The SMILES string of the molecule is O=C(O)CN1CCCN(CC(=O)O)CCN(CC(=O)O)CCC1. The van der Waals surface area contributed by atoms with Crippen molar-refractivity contribution in [1.82, 2.24) is 14.7 Å². The van der Waals surface area contributed by atoms with Gasteiger partial charge in [-0.3, -0.25) is 29.1 Å². The lowest BCUT2D eigenvalue weighted by Crippen LogP contribution is -2.40. The van der Waals surface area contributed by atoms with Gasteiger partial charge in [-0.1, -0.05) is 0 Å². The summed E-state index contributed by atoms with van der Waals surface area (Å²) in [4.78, 5) is 38.1. The van der Waals surface area contributed by atoms with Crippen molar-refractivity contribution in [3.8, 4) is 0 Å². The number of carboxylic acids is 3. The minimum absolute atomic E-state index is 0.0577. The fourth-order valence-electron chi connectivity index (χ4n) is 2.70. The normalized spacial score (nSPS) is 19.8. The number of nitrogens with zero attached hydrogens (tertiary/aromatic N) is 3. The van der Waals surface area contributed by atoms with Crippen molar-refractivity contribution < 1.29 is 29.7 Å². The Morgan fingerprint density at radius 3 is 1.09 bits per heavy atom. The Hall–Kier alpha value is -1.71. The number of hydrogen-bond acceptors (Lipinski definition) is 6. The first kappa shape index (κ1) is 19.3. The number of aliphatic carboxylic acids is 3. The second kappa shape index (κ2) is 10.1. The summed E-state index contributed by atoms with van der Waals surface area (Å²) in [6, 6.07) is 0. The van der Waals surface area contributed by atoms with E-state index in [2.05, 4.69) is 0 Å². The molecule has 0 aromatic heterocycles. The number of rotatable bonds is 6. The highest BCUT2D eigenvalue weighted by molar-refractivity contribution is 5.69. The van der Waals surface area contributed by atoms with Crippen molar-refractivity contribution in [2.75, 3.05) is 58.9 Å². The Morgan fingerprint density at radius 2 is 0.826 bits per heavy atom. The summed E-state index contributed by atoms with van der Waals surface area (Å²) in [5, 5.41) is 26.8. The third-order valence-electron chi connectivity index (χ3n) is 3.71. The van der Waals surface area contributed by atoms with Crippen molar-refractivity contribution in [2.45, 2.75) is 12.8 Å². The molecule has 1 rings (SSSR count). The quantitative estimate of drug-likeness (QED) is 0.559. The highest BCUT2D eigenvalue weighted by atomic mass is 16.4. The van der Waals surface area contributed by atoms with Crippen LogP contribution in [0.15, 0.2) is 0 Å². The highest BCUT2D eigenvalue weighted by Crippen LogP contribution is 2.03. The molecule has 0 aromatic carbocycles. The van der Waals surface area contributed by atoms with E-state index in [0.29, 0.717) is 52.1 Å². The molecule has 0 radical (unpaired) electrons. The summed E-state index contributed by atoms with van der Waals surface area (Å²) in [6.45, 7) is 2.98. The molecule has 9 nitrogen and oxygen atoms in total. The summed E-state index contributed by atoms with van der Waals surface area (Å²) >= 11 is 0. The monoisotopic (exact) mass is 331 g/mol. The number of carboxylic acid groups (broad SMARTS) is 3. The minimum Gasteiger partial charge on any atom is -0.480 e. The lowest BCUT2D eigenvalue weighted by atomic mass is 10.3. The maximum Gasteiger partial charge on any atom is 0.317 e. The van der Waals surface area contributed by atoms with Gasteiger partial charge in [0.05, 0.1) is 19.6 Å². The summed E-state index contributed by atoms with van der Waals surface area (Å²) in [7, 11) is 0. The topological polar surface area (TPSA) is 122 Å². The van der Waals surface area contributed by atoms with Crippen molar-refractivity contribution in [2.24, 2.45) is 0 Å². The first-order chi connectivity index (χ1) is 10.9. The average molecular weight is 331 g/mol. The van der Waals surface area contributed by atoms with E-state index in [9.17, 15) is 14.4 Å². The van der Waals surface area contributed by atoms with Crippen LogP contribution in [0.25, 0.3) is 0 Å². The Morgan fingerprint density at radius 1 is 0.565 bits per heavy atom.